The van der Waals surface area contributed by atoms with Gasteiger partial charge >= 0.3 is 0 Å². The van der Waals surface area contributed by atoms with Gasteiger partial charge in [0.25, 0.3) is 5.91 Å². The van der Waals surface area contributed by atoms with Crippen LogP contribution >= 0.6 is 11.8 Å². The van der Waals surface area contributed by atoms with Crippen LogP contribution in [0.1, 0.15) is 55.7 Å². The van der Waals surface area contributed by atoms with Gasteiger partial charge in [-0.1, -0.05) is 20.3 Å². The number of hydrogen-bond donors (Lipinski definition) is 3. The van der Waals surface area contributed by atoms with Crippen molar-refractivity contribution >= 4 is 23.4 Å². The van der Waals surface area contributed by atoms with Gasteiger partial charge in [0.1, 0.15) is 0 Å². The summed E-state index contributed by atoms with van der Waals surface area (Å²) in [5.74, 6) is 0.992. The van der Waals surface area contributed by atoms with Crippen LogP contribution in [0.15, 0.2) is 0 Å². The average molecular weight is 296 g/mol. The lowest BCUT2D eigenvalue weighted by Crippen LogP contribution is -2.33. The summed E-state index contributed by atoms with van der Waals surface area (Å²) >= 11 is 1.98. The molecule has 1 aliphatic rings. The first-order valence-corrected chi connectivity index (χ1v) is 8.45. The summed E-state index contributed by atoms with van der Waals surface area (Å²) in [5.41, 5.74) is 7.69. The van der Waals surface area contributed by atoms with Gasteiger partial charge in [-0.05, 0) is 31.4 Å². The molecule has 1 aromatic rings. The molecule has 1 aromatic heterocycles. The molecule has 2 rings (SSSR count). The summed E-state index contributed by atoms with van der Waals surface area (Å²) in [6.07, 6.45) is 5.09. The number of nitrogens with one attached hydrogen (secondary N) is 2. The van der Waals surface area contributed by atoms with E-state index < -0.39 is 0 Å². The third-order valence-electron chi connectivity index (χ3n) is 3.72. The Labute approximate surface area is 124 Å². The number of H-pyrrole nitrogens is 1. The summed E-state index contributed by atoms with van der Waals surface area (Å²) < 4.78 is 0. The lowest BCUT2D eigenvalue weighted by Gasteiger charge is -2.12. The molecule has 6 heteroatoms. The molecule has 1 aliphatic carbocycles. The highest BCUT2D eigenvalue weighted by atomic mass is 32.2. The van der Waals surface area contributed by atoms with Crippen LogP contribution in [0.3, 0.4) is 0 Å². The number of aromatic amines is 1. The number of nitrogens with two attached hydrogens (primary N) is 1. The molecule has 0 aromatic carbocycles. The van der Waals surface area contributed by atoms with E-state index in [9.17, 15) is 4.79 Å². The maximum absolute atomic E-state index is 12.2. The van der Waals surface area contributed by atoms with Crippen LogP contribution in [0.25, 0.3) is 0 Å². The smallest absolute Gasteiger partial charge is 0.274 e. The fourth-order valence-corrected chi connectivity index (χ4v) is 3.85. The van der Waals surface area contributed by atoms with Crippen molar-refractivity contribution in [3.05, 3.63) is 11.4 Å². The van der Waals surface area contributed by atoms with Crippen LogP contribution in [0.5, 0.6) is 0 Å². The molecule has 0 bridgehead atoms. The van der Waals surface area contributed by atoms with E-state index in [1.54, 1.807) is 0 Å². The van der Waals surface area contributed by atoms with Crippen molar-refractivity contribution in [1.82, 2.24) is 15.5 Å². The molecule has 1 amide bonds. The van der Waals surface area contributed by atoms with Crippen molar-refractivity contribution in [2.24, 2.45) is 0 Å². The minimum atomic E-state index is -0.145. The number of carbonyl (C=O) groups is 1. The standard InChI is InChI=1S/C14H24N4OS/c1-3-5-11-12(15)13(18-17-11)14(19)16-9-6-7-10(8-9)20-4-2/h9-10H,3-8,15H2,1-2H3,(H,16,19)(H,17,18). The second kappa shape index (κ2) is 7.02. The monoisotopic (exact) mass is 296 g/mol. The minimum Gasteiger partial charge on any atom is -0.395 e. The summed E-state index contributed by atoms with van der Waals surface area (Å²) in [5, 5.41) is 10.7. The number of anilines is 1. The zero-order valence-electron chi connectivity index (χ0n) is 12.2. The SMILES string of the molecule is CCCc1[nH]nc(C(=O)NC2CCC(SCC)C2)c1N. The largest absolute Gasteiger partial charge is 0.395 e. The number of hydrogen-bond acceptors (Lipinski definition) is 4. The van der Waals surface area contributed by atoms with Crippen molar-refractivity contribution in [3.8, 4) is 0 Å². The minimum absolute atomic E-state index is 0.145. The van der Waals surface area contributed by atoms with Gasteiger partial charge in [-0.3, -0.25) is 9.89 Å². The fourth-order valence-electron chi connectivity index (χ4n) is 2.71. The van der Waals surface area contributed by atoms with E-state index in [2.05, 4.69) is 29.4 Å². The number of nitrogens with zero attached hydrogens (tertiary/aromatic N) is 1. The summed E-state index contributed by atoms with van der Waals surface area (Å²) in [4.78, 5) is 12.2. The first-order valence-electron chi connectivity index (χ1n) is 7.40. The third kappa shape index (κ3) is 3.48. The van der Waals surface area contributed by atoms with Crippen molar-refractivity contribution < 1.29 is 4.79 Å². The molecule has 2 unspecified atom stereocenters. The molecule has 1 saturated carbocycles. The Kier molecular flexibility index (Phi) is 5.34. The summed E-state index contributed by atoms with van der Waals surface area (Å²) in [6.45, 7) is 4.25. The Morgan fingerprint density at radius 2 is 2.30 bits per heavy atom. The van der Waals surface area contributed by atoms with Gasteiger partial charge in [0.2, 0.25) is 0 Å². The van der Waals surface area contributed by atoms with Crippen LogP contribution in [0, 0.1) is 0 Å². The Morgan fingerprint density at radius 1 is 1.50 bits per heavy atom. The highest BCUT2D eigenvalue weighted by molar-refractivity contribution is 7.99. The van der Waals surface area contributed by atoms with Crippen LogP contribution in [-0.4, -0.2) is 33.1 Å². The highest BCUT2D eigenvalue weighted by Crippen LogP contribution is 2.30. The molecule has 1 heterocycles. The topological polar surface area (TPSA) is 83.8 Å². The normalized spacial score (nSPS) is 22.1. The molecule has 0 radical (unpaired) electrons. The van der Waals surface area contributed by atoms with E-state index in [1.165, 1.54) is 6.42 Å². The lowest BCUT2D eigenvalue weighted by atomic mass is 10.2. The number of amides is 1. The molecule has 4 N–H and O–H groups in total. The van der Waals surface area contributed by atoms with E-state index in [-0.39, 0.29) is 11.9 Å². The number of nitrogen functional groups attached to an aromatic ring is 1. The summed E-state index contributed by atoms with van der Waals surface area (Å²) in [7, 11) is 0. The maximum atomic E-state index is 12.2. The van der Waals surface area contributed by atoms with Gasteiger partial charge in [-0.25, -0.2) is 0 Å². The van der Waals surface area contributed by atoms with Crippen LogP contribution in [-0.2, 0) is 6.42 Å². The van der Waals surface area contributed by atoms with Gasteiger partial charge in [0.05, 0.1) is 11.4 Å². The molecule has 1 fully saturated rings. The van der Waals surface area contributed by atoms with Gasteiger partial charge in [0.15, 0.2) is 5.69 Å². The summed E-state index contributed by atoms with van der Waals surface area (Å²) in [6, 6.07) is 0.261. The Balaban J connectivity index is 1.92. The van der Waals surface area contributed by atoms with Crippen molar-refractivity contribution in [2.75, 3.05) is 11.5 Å². The molecule has 2 atom stereocenters. The Hall–Kier alpha value is -1.17. The molecule has 0 saturated heterocycles. The Morgan fingerprint density at radius 3 is 3.00 bits per heavy atom. The molecule has 0 aliphatic heterocycles. The first kappa shape index (κ1) is 15.2. The van der Waals surface area contributed by atoms with E-state index in [0.29, 0.717) is 16.6 Å². The zero-order valence-corrected chi connectivity index (χ0v) is 13.1. The predicted molar refractivity (Wildman–Crippen MR) is 84.0 cm³/mol. The van der Waals surface area contributed by atoms with E-state index in [1.807, 2.05) is 11.8 Å². The quantitative estimate of drug-likeness (QED) is 0.752. The molecule has 112 valence electrons. The zero-order chi connectivity index (χ0) is 14.5. The van der Waals surface area contributed by atoms with Gasteiger partial charge in [-0.15, -0.1) is 0 Å². The van der Waals surface area contributed by atoms with Gasteiger partial charge in [-0.2, -0.15) is 16.9 Å². The van der Waals surface area contributed by atoms with Gasteiger partial charge in [0, 0.05) is 11.3 Å². The number of aryl methyl sites for hydroxylation is 1. The number of carbonyl (C=O) groups excluding carboxylic acids is 1. The highest BCUT2D eigenvalue weighted by Gasteiger charge is 2.27. The number of thioether (sulfide) groups is 1. The van der Waals surface area contributed by atoms with Crippen molar-refractivity contribution in [3.63, 3.8) is 0 Å². The fraction of sp³-hybridized carbons (Fsp3) is 0.714. The van der Waals surface area contributed by atoms with Crippen LogP contribution in [0.2, 0.25) is 0 Å². The van der Waals surface area contributed by atoms with E-state index in [4.69, 9.17) is 5.73 Å². The van der Waals surface area contributed by atoms with Crippen LogP contribution in [0.4, 0.5) is 5.69 Å². The second-order valence-electron chi connectivity index (χ2n) is 5.28. The maximum Gasteiger partial charge on any atom is 0.274 e. The molecule has 5 nitrogen and oxygen atoms in total. The first-order chi connectivity index (χ1) is 9.65. The Bertz CT molecular complexity index is 460. The van der Waals surface area contributed by atoms with E-state index >= 15 is 0 Å². The molecule has 0 spiro atoms. The third-order valence-corrected chi connectivity index (χ3v) is 4.95. The van der Waals surface area contributed by atoms with E-state index in [0.717, 1.165) is 37.1 Å². The van der Waals surface area contributed by atoms with Gasteiger partial charge < -0.3 is 11.1 Å². The molecule has 20 heavy (non-hydrogen) atoms. The average Bonchev–Trinajstić information content (AvgIpc) is 2.99. The molecular formula is C14H24N4OS. The predicted octanol–water partition coefficient (Wildman–Crippen LogP) is 2.35. The van der Waals surface area contributed by atoms with Crippen molar-refractivity contribution in [1.29, 1.82) is 0 Å². The van der Waals surface area contributed by atoms with Crippen molar-refractivity contribution in [2.45, 2.75) is 57.2 Å². The lowest BCUT2D eigenvalue weighted by molar-refractivity contribution is 0.0934. The second-order valence-corrected chi connectivity index (χ2v) is 6.85. The number of rotatable bonds is 6. The molecular weight excluding hydrogens is 272 g/mol. The number of aromatic nitrogens is 2. The van der Waals surface area contributed by atoms with Crippen LogP contribution < -0.4 is 11.1 Å².